The Kier molecular flexibility index (Phi) is 6.74. The zero-order valence-electron chi connectivity index (χ0n) is 20.3. The highest BCUT2D eigenvalue weighted by Gasteiger charge is 2.28. The van der Waals surface area contributed by atoms with Crippen molar-refractivity contribution in [3.05, 3.63) is 59.1 Å². The lowest BCUT2D eigenvalue weighted by atomic mass is 10.1. The minimum Gasteiger partial charge on any atom is -0.493 e. The molecule has 11 heteroatoms. The SMILES string of the molecule is C=CC(=O)N1CCC[C@@H](n2nc(-c3csc(COc4ccc(C#N)cc4OC)c3)c3c(N)ncnc32)C1. The molecule has 1 aromatic carbocycles. The number of likely N-dealkylation sites (tertiary alicyclic amines) is 1. The number of hydrogen-bond donors (Lipinski definition) is 1. The summed E-state index contributed by atoms with van der Waals surface area (Å²) in [6, 6.07) is 9.13. The van der Waals surface area contributed by atoms with Crippen molar-refractivity contribution in [1.82, 2.24) is 24.6 Å². The van der Waals surface area contributed by atoms with E-state index in [-0.39, 0.29) is 11.9 Å². The number of aromatic nitrogens is 4. The molecule has 10 nitrogen and oxygen atoms in total. The largest absolute Gasteiger partial charge is 0.493 e. The van der Waals surface area contributed by atoms with E-state index in [2.05, 4.69) is 22.6 Å². The van der Waals surface area contributed by atoms with Crippen molar-refractivity contribution in [1.29, 1.82) is 5.26 Å². The van der Waals surface area contributed by atoms with Crippen molar-refractivity contribution in [3.63, 3.8) is 0 Å². The van der Waals surface area contributed by atoms with Gasteiger partial charge < -0.3 is 20.1 Å². The molecule has 1 aliphatic rings. The average molecular weight is 516 g/mol. The van der Waals surface area contributed by atoms with Crippen LogP contribution >= 0.6 is 11.3 Å². The van der Waals surface area contributed by atoms with Crippen LogP contribution in [0, 0.1) is 11.3 Å². The molecule has 0 unspecified atom stereocenters. The topological polar surface area (TPSA) is 132 Å². The number of carbonyl (C=O) groups is 1. The standard InChI is InChI=1S/C26H25N7O3S/c1-3-22(34)32-8-4-5-18(12-32)33-26-23(25(28)29-15-30-26)24(31-33)17-10-19(37-14-17)13-36-20-7-6-16(11-27)9-21(20)35-2/h3,6-7,9-10,14-15,18H,1,4-5,8,12-13H2,2H3,(H2,28,29,30)/t18-/m1/s1. The average Bonchev–Trinajstić information content (AvgIpc) is 3.57. The van der Waals surface area contributed by atoms with Crippen LogP contribution in [0.5, 0.6) is 11.5 Å². The molecule has 1 atom stereocenters. The van der Waals surface area contributed by atoms with Crippen molar-refractivity contribution in [2.24, 2.45) is 0 Å². The Morgan fingerprint density at radius 2 is 2.22 bits per heavy atom. The Morgan fingerprint density at radius 3 is 3.00 bits per heavy atom. The van der Waals surface area contributed by atoms with Crippen molar-refractivity contribution < 1.29 is 14.3 Å². The maximum Gasteiger partial charge on any atom is 0.246 e. The van der Waals surface area contributed by atoms with Crippen LogP contribution < -0.4 is 15.2 Å². The van der Waals surface area contributed by atoms with Gasteiger partial charge in [0.2, 0.25) is 5.91 Å². The van der Waals surface area contributed by atoms with Crippen molar-refractivity contribution in [3.8, 4) is 28.8 Å². The number of thiophene rings is 1. The van der Waals surface area contributed by atoms with Crippen molar-refractivity contribution >= 4 is 34.1 Å². The number of anilines is 1. The molecular formula is C26H25N7O3S. The molecule has 1 aliphatic heterocycles. The van der Waals surface area contributed by atoms with Crippen LogP contribution in [0.2, 0.25) is 0 Å². The third-order valence-electron chi connectivity index (χ3n) is 6.34. The fourth-order valence-electron chi connectivity index (χ4n) is 4.52. The van der Waals surface area contributed by atoms with E-state index < -0.39 is 0 Å². The van der Waals surface area contributed by atoms with Gasteiger partial charge in [-0.3, -0.25) is 4.79 Å². The van der Waals surface area contributed by atoms with Gasteiger partial charge in [0.1, 0.15) is 24.4 Å². The van der Waals surface area contributed by atoms with Gasteiger partial charge in [0.25, 0.3) is 0 Å². The zero-order chi connectivity index (χ0) is 25.9. The van der Waals surface area contributed by atoms with Gasteiger partial charge in [-0.15, -0.1) is 11.3 Å². The fourth-order valence-corrected chi connectivity index (χ4v) is 5.30. The van der Waals surface area contributed by atoms with E-state index in [1.165, 1.54) is 23.7 Å². The number of piperidine rings is 1. The molecule has 1 amide bonds. The van der Waals surface area contributed by atoms with E-state index in [1.54, 1.807) is 30.2 Å². The first-order chi connectivity index (χ1) is 18.0. The minimum atomic E-state index is -0.0862. The normalized spacial score (nSPS) is 15.4. The second kappa shape index (κ2) is 10.3. The fraction of sp³-hybridized carbons (Fsp3) is 0.269. The van der Waals surface area contributed by atoms with E-state index in [4.69, 9.17) is 25.6 Å². The van der Waals surface area contributed by atoms with Crippen LogP contribution in [0.4, 0.5) is 5.82 Å². The lowest BCUT2D eigenvalue weighted by molar-refractivity contribution is -0.127. The Hall–Kier alpha value is -4.43. The molecule has 1 saturated heterocycles. The predicted octanol–water partition coefficient (Wildman–Crippen LogP) is 3.95. The van der Waals surface area contributed by atoms with Crippen LogP contribution in [0.1, 0.15) is 29.3 Å². The number of fused-ring (bicyclic) bond motifs is 1. The number of nitriles is 1. The quantitative estimate of drug-likeness (QED) is 0.366. The number of nitrogens with zero attached hydrogens (tertiary/aromatic N) is 6. The number of amides is 1. The van der Waals surface area contributed by atoms with Gasteiger partial charge in [-0.1, -0.05) is 6.58 Å². The number of rotatable bonds is 7. The smallest absolute Gasteiger partial charge is 0.246 e. The summed E-state index contributed by atoms with van der Waals surface area (Å²) in [5.41, 5.74) is 9.01. The van der Waals surface area contributed by atoms with Crippen LogP contribution in [0.25, 0.3) is 22.3 Å². The Bertz CT molecular complexity index is 1520. The Morgan fingerprint density at radius 1 is 1.35 bits per heavy atom. The van der Waals surface area contributed by atoms with Gasteiger partial charge in [-0.25, -0.2) is 14.6 Å². The molecule has 3 aromatic heterocycles. The van der Waals surface area contributed by atoms with Crippen molar-refractivity contribution in [2.45, 2.75) is 25.5 Å². The third kappa shape index (κ3) is 4.71. The zero-order valence-corrected chi connectivity index (χ0v) is 21.1. The van der Waals surface area contributed by atoms with Gasteiger partial charge in [0, 0.05) is 35.0 Å². The van der Waals surface area contributed by atoms with Gasteiger partial charge in [-0.2, -0.15) is 10.4 Å². The number of ether oxygens (including phenoxy) is 2. The molecule has 0 radical (unpaired) electrons. The molecule has 0 aliphatic carbocycles. The summed E-state index contributed by atoms with van der Waals surface area (Å²) in [7, 11) is 1.54. The van der Waals surface area contributed by atoms with E-state index in [9.17, 15) is 4.79 Å². The van der Waals surface area contributed by atoms with E-state index in [1.807, 2.05) is 16.1 Å². The minimum absolute atomic E-state index is 0.0338. The number of hydrogen-bond acceptors (Lipinski definition) is 9. The second-order valence-electron chi connectivity index (χ2n) is 8.60. The highest BCUT2D eigenvalue weighted by molar-refractivity contribution is 7.10. The first-order valence-electron chi connectivity index (χ1n) is 11.7. The lowest BCUT2D eigenvalue weighted by Crippen LogP contribution is -2.40. The summed E-state index contributed by atoms with van der Waals surface area (Å²) >= 11 is 1.54. The lowest BCUT2D eigenvalue weighted by Gasteiger charge is -2.32. The summed E-state index contributed by atoms with van der Waals surface area (Å²) < 4.78 is 13.2. The molecule has 37 heavy (non-hydrogen) atoms. The number of benzene rings is 1. The van der Waals surface area contributed by atoms with Crippen LogP contribution in [-0.4, -0.2) is 50.8 Å². The number of nitrogen functional groups attached to an aromatic ring is 1. The molecule has 0 bridgehead atoms. The summed E-state index contributed by atoms with van der Waals surface area (Å²) in [5, 5.41) is 16.7. The highest BCUT2D eigenvalue weighted by Crippen LogP contribution is 2.36. The maximum absolute atomic E-state index is 12.2. The Balaban J connectivity index is 1.43. The monoisotopic (exact) mass is 515 g/mol. The molecule has 0 spiro atoms. The van der Waals surface area contributed by atoms with Crippen LogP contribution in [0.15, 0.2) is 48.6 Å². The first-order valence-corrected chi connectivity index (χ1v) is 12.6. The number of methoxy groups -OCH3 is 1. The molecular weight excluding hydrogens is 490 g/mol. The molecule has 0 saturated carbocycles. The molecule has 188 valence electrons. The molecule has 2 N–H and O–H groups in total. The van der Waals surface area contributed by atoms with Gasteiger partial charge in [0.15, 0.2) is 17.1 Å². The van der Waals surface area contributed by atoms with E-state index in [0.29, 0.717) is 59.3 Å². The van der Waals surface area contributed by atoms with Crippen molar-refractivity contribution in [2.75, 3.05) is 25.9 Å². The van der Waals surface area contributed by atoms with Gasteiger partial charge >= 0.3 is 0 Å². The molecule has 4 aromatic rings. The second-order valence-corrected chi connectivity index (χ2v) is 9.60. The molecule has 5 rings (SSSR count). The number of carbonyl (C=O) groups excluding carboxylic acids is 1. The summed E-state index contributed by atoms with van der Waals surface area (Å²) in [6.45, 7) is 5.16. The third-order valence-corrected chi connectivity index (χ3v) is 7.25. The number of nitrogens with two attached hydrogens (primary N) is 1. The summed E-state index contributed by atoms with van der Waals surface area (Å²) in [4.78, 5) is 23.7. The predicted molar refractivity (Wildman–Crippen MR) is 140 cm³/mol. The van der Waals surface area contributed by atoms with Crippen LogP contribution in [-0.2, 0) is 11.4 Å². The van der Waals surface area contributed by atoms with E-state index in [0.717, 1.165) is 23.3 Å². The Labute approximate surface area is 217 Å². The van der Waals surface area contributed by atoms with Crippen LogP contribution in [0.3, 0.4) is 0 Å². The summed E-state index contributed by atoms with van der Waals surface area (Å²) in [6.07, 6.45) is 4.51. The maximum atomic E-state index is 12.2. The van der Waals surface area contributed by atoms with E-state index >= 15 is 0 Å². The highest BCUT2D eigenvalue weighted by atomic mass is 32.1. The molecule has 1 fully saturated rings. The summed E-state index contributed by atoms with van der Waals surface area (Å²) in [5.74, 6) is 1.32. The first kappa shape index (κ1) is 24.3. The van der Waals surface area contributed by atoms with Gasteiger partial charge in [-0.05, 0) is 37.1 Å². The van der Waals surface area contributed by atoms with Gasteiger partial charge in [0.05, 0.1) is 30.2 Å². The molecule has 4 heterocycles.